The van der Waals surface area contributed by atoms with E-state index in [0.717, 1.165) is 12.8 Å². The molecule has 0 amide bonds. The van der Waals surface area contributed by atoms with E-state index in [4.69, 9.17) is 9.84 Å². The number of aliphatic hydroxyl groups excluding tert-OH is 2. The van der Waals surface area contributed by atoms with Gasteiger partial charge in [0.25, 0.3) is 0 Å². The third kappa shape index (κ3) is 2.77. The molecular formula is C8H16O3. The highest BCUT2D eigenvalue weighted by Gasteiger charge is 2.25. The van der Waals surface area contributed by atoms with Crippen LogP contribution >= 0.6 is 0 Å². The summed E-state index contributed by atoms with van der Waals surface area (Å²) in [5.41, 5.74) is 0. The summed E-state index contributed by atoms with van der Waals surface area (Å²) < 4.78 is 5.19. The zero-order valence-corrected chi connectivity index (χ0v) is 6.86. The summed E-state index contributed by atoms with van der Waals surface area (Å²) in [6.45, 7) is 2.07. The average Bonchev–Trinajstić information content (AvgIpc) is 1.85. The van der Waals surface area contributed by atoms with Gasteiger partial charge in [-0.1, -0.05) is 13.3 Å². The van der Waals surface area contributed by atoms with Crippen molar-refractivity contribution in [2.24, 2.45) is 0 Å². The number of hydrogen-bond donors (Lipinski definition) is 2. The SMILES string of the molecule is CCCC1C[C@@H](O)CC(O)O1. The molecule has 0 saturated carbocycles. The predicted octanol–water partition coefficient (Wildman–Crippen LogP) is 0.645. The highest BCUT2D eigenvalue weighted by Crippen LogP contribution is 2.20. The van der Waals surface area contributed by atoms with Gasteiger partial charge in [0.05, 0.1) is 12.2 Å². The Balaban J connectivity index is 2.30. The third-order valence-corrected chi connectivity index (χ3v) is 1.97. The Labute approximate surface area is 67.0 Å². The summed E-state index contributed by atoms with van der Waals surface area (Å²) in [6.07, 6.45) is 1.91. The van der Waals surface area contributed by atoms with Gasteiger partial charge in [0.2, 0.25) is 0 Å². The van der Waals surface area contributed by atoms with Gasteiger partial charge in [0.15, 0.2) is 6.29 Å². The first-order valence-corrected chi connectivity index (χ1v) is 4.24. The molecule has 3 atom stereocenters. The molecule has 2 unspecified atom stereocenters. The zero-order chi connectivity index (χ0) is 8.27. The summed E-state index contributed by atoms with van der Waals surface area (Å²) in [5, 5.41) is 18.3. The minimum Gasteiger partial charge on any atom is -0.393 e. The van der Waals surface area contributed by atoms with Crippen LogP contribution in [0.15, 0.2) is 0 Å². The van der Waals surface area contributed by atoms with E-state index in [-0.39, 0.29) is 12.2 Å². The lowest BCUT2D eigenvalue weighted by molar-refractivity contribution is -0.190. The molecule has 3 heteroatoms. The molecule has 1 saturated heterocycles. The van der Waals surface area contributed by atoms with Gasteiger partial charge in [0.1, 0.15) is 0 Å². The van der Waals surface area contributed by atoms with Crippen LogP contribution in [0.5, 0.6) is 0 Å². The fraction of sp³-hybridized carbons (Fsp3) is 1.00. The Morgan fingerprint density at radius 3 is 2.64 bits per heavy atom. The normalized spacial score (nSPS) is 39.0. The summed E-state index contributed by atoms with van der Waals surface area (Å²) >= 11 is 0. The molecule has 0 radical (unpaired) electrons. The second-order valence-corrected chi connectivity index (χ2v) is 3.13. The molecule has 1 rings (SSSR count). The van der Waals surface area contributed by atoms with Crippen molar-refractivity contribution < 1.29 is 14.9 Å². The van der Waals surface area contributed by atoms with Gasteiger partial charge < -0.3 is 14.9 Å². The quantitative estimate of drug-likeness (QED) is 0.623. The van der Waals surface area contributed by atoms with Crippen molar-refractivity contribution in [3.63, 3.8) is 0 Å². The highest BCUT2D eigenvalue weighted by molar-refractivity contribution is 4.71. The van der Waals surface area contributed by atoms with Crippen molar-refractivity contribution in [2.75, 3.05) is 0 Å². The molecule has 2 N–H and O–H groups in total. The van der Waals surface area contributed by atoms with Gasteiger partial charge in [-0.25, -0.2) is 0 Å². The second-order valence-electron chi connectivity index (χ2n) is 3.13. The van der Waals surface area contributed by atoms with E-state index in [1.165, 1.54) is 0 Å². The summed E-state index contributed by atoms with van der Waals surface area (Å²) in [7, 11) is 0. The van der Waals surface area contributed by atoms with Crippen molar-refractivity contribution in [3.8, 4) is 0 Å². The van der Waals surface area contributed by atoms with Gasteiger partial charge in [-0.15, -0.1) is 0 Å². The minimum absolute atomic E-state index is 0.0544. The smallest absolute Gasteiger partial charge is 0.157 e. The van der Waals surface area contributed by atoms with Crippen molar-refractivity contribution in [1.82, 2.24) is 0 Å². The maximum atomic E-state index is 9.24. The van der Waals surface area contributed by atoms with Crippen LogP contribution in [0, 0.1) is 0 Å². The molecule has 0 aliphatic carbocycles. The number of rotatable bonds is 2. The first-order chi connectivity index (χ1) is 5.22. The van der Waals surface area contributed by atoms with Crippen LogP contribution in [-0.2, 0) is 4.74 Å². The highest BCUT2D eigenvalue weighted by atomic mass is 16.6. The van der Waals surface area contributed by atoms with Gasteiger partial charge in [-0.05, 0) is 12.8 Å². The van der Waals surface area contributed by atoms with Crippen LogP contribution < -0.4 is 0 Å². The molecule has 3 nitrogen and oxygen atoms in total. The van der Waals surface area contributed by atoms with E-state index in [1.807, 2.05) is 0 Å². The molecule has 1 aliphatic heterocycles. The first kappa shape index (κ1) is 8.97. The molecule has 0 bridgehead atoms. The van der Waals surface area contributed by atoms with Gasteiger partial charge >= 0.3 is 0 Å². The number of ether oxygens (including phenoxy) is 1. The molecule has 0 spiro atoms. The van der Waals surface area contributed by atoms with E-state index in [0.29, 0.717) is 12.8 Å². The largest absolute Gasteiger partial charge is 0.393 e. The molecule has 1 heterocycles. The lowest BCUT2D eigenvalue weighted by Crippen LogP contribution is -2.35. The van der Waals surface area contributed by atoms with Crippen molar-refractivity contribution in [1.29, 1.82) is 0 Å². The predicted molar refractivity (Wildman–Crippen MR) is 41.0 cm³/mol. The Morgan fingerprint density at radius 2 is 2.09 bits per heavy atom. The summed E-state index contributed by atoms with van der Waals surface area (Å²) in [5.74, 6) is 0. The van der Waals surface area contributed by atoms with E-state index < -0.39 is 6.29 Å². The maximum Gasteiger partial charge on any atom is 0.157 e. The second kappa shape index (κ2) is 4.04. The Hall–Kier alpha value is -0.120. The molecule has 11 heavy (non-hydrogen) atoms. The molecule has 0 aromatic carbocycles. The average molecular weight is 160 g/mol. The fourth-order valence-electron chi connectivity index (χ4n) is 1.47. The van der Waals surface area contributed by atoms with Gasteiger partial charge in [0, 0.05) is 6.42 Å². The molecular weight excluding hydrogens is 144 g/mol. The Morgan fingerprint density at radius 1 is 1.36 bits per heavy atom. The van der Waals surface area contributed by atoms with Gasteiger partial charge in [-0.3, -0.25) is 0 Å². The van der Waals surface area contributed by atoms with Crippen LogP contribution in [0.4, 0.5) is 0 Å². The molecule has 0 aromatic heterocycles. The molecule has 1 aliphatic rings. The third-order valence-electron chi connectivity index (χ3n) is 1.97. The fourth-order valence-corrected chi connectivity index (χ4v) is 1.47. The molecule has 0 aromatic rings. The van der Waals surface area contributed by atoms with Crippen LogP contribution in [0.1, 0.15) is 32.6 Å². The Kier molecular flexibility index (Phi) is 3.30. The van der Waals surface area contributed by atoms with E-state index in [2.05, 4.69) is 6.92 Å². The van der Waals surface area contributed by atoms with Crippen molar-refractivity contribution in [2.45, 2.75) is 51.1 Å². The summed E-state index contributed by atoms with van der Waals surface area (Å²) in [6, 6.07) is 0. The lowest BCUT2D eigenvalue weighted by atomic mass is 10.0. The lowest BCUT2D eigenvalue weighted by Gasteiger charge is -2.29. The maximum absolute atomic E-state index is 9.24. The van der Waals surface area contributed by atoms with Gasteiger partial charge in [-0.2, -0.15) is 0 Å². The minimum atomic E-state index is -0.754. The van der Waals surface area contributed by atoms with E-state index in [9.17, 15) is 5.11 Å². The van der Waals surface area contributed by atoms with Crippen LogP contribution in [0.25, 0.3) is 0 Å². The molecule has 66 valence electrons. The first-order valence-electron chi connectivity index (χ1n) is 4.24. The standard InChI is InChI=1S/C8H16O3/c1-2-3-7-4-6(9)5-8(10)11-7/h6-10H,2-5H2,1H3/t6-,7?,8?/m1/s1. The van der Waals surface area contributed by atoms with Crippen LogP contribution in [-0.4, -0.2) is 28.7 Å². The van der Waals surface area contributed by atoms with Crippen molar-refractivity contribution in [3.05, 3.63) is 0 Å². The van der Waals surface area contributed by atoms with Crippen LogP contribution in [0.2, 0.25) is 0 Å². The topological polar surface area (TPSA) is 49.7 Å². The van der Waals surface area contributed by atoms with E-state index >= 15 is 0 Å². The monoisotopic (exact) mass is 160 g/mol. The zero-order valence-electron chi connectivity index (χ0n) is 6.86. The number of hydrogen-bond acceptors (Lipinski definition) is 3. The number of aliphatic hydroxyl groups is 2. The van der Waals surface area contributed by atoms with Crippen molar-refractivity contribution >= 4 is 0 Å². The van der Waals surface area contributed by atoms with Crippen LogP contribution in [0.3, 0.4) is 0 Å². The molecule has 1 fully saturated rings. The summed E-state index contributed by atoms with van der Waals surface area (Å²) in [4.78, 5) is 0. The van der Waals surface area contributed by atoms with E-state index in [1.54, 1.807) is 0 Å². The Bertz CT molecular complexity index is 106.